The summed E-state index contributed by atoms with van der Waals surface area (Å²) >= 11 is 5.46. The van der Waals surface area contributed by atoms with Crippen LogP contribution < -0.4 is 5.32 Å². The Hall–Kier alpha value is -1.88. The van der Waals surface area contributed by atoms with E-state index in [0.717, 1.165) is 10.8 Å². The van der Waals surface area contributed by atoms with Crippen molar-refractivity contribution in [2.24, 2.45) is 7.05 Å². The van der Waals surface area contributed by atoms with Gasteiger partial charge in [0.15, 0.2) is 5.11 Å². The topological polar surface area (TPSA) is 33.1 Å². The maximum absolute atomic E-state index is 5.46. The summed E-state index contributed by atoms with van der Waals surface area (Å²) in [6.07, 6.45) is 1.83. The summed E-state index contributed by atoms with van der Waals surface area (Å²) in [5, 5.41) is 4.18. The Morgan fingerprint density at radius 2 is 2.00 bits per heavy atom. The maximum Gasteiger partial charge on any atom is 0.169 e. The maximum atomic E-state index is 5.46. The van der Waals surface area contributed by atoms with E-state index in [1.807, 2.05) is 25.4 Å². The van der Waals surface area contributed by atoms with E-state index in [1.54, 1.807) is 0 Å². The van der Waals surface area contributed by atoms with Crippen LogP contribution in [0.15, 0.2) is 30.5 Å². The van der Waals surface area contributed by atoms with Crippen molar-refractivity contribution in [3.05, 3.63) is 53.1 Å². The molecule has 0 spiro atoms. The second-order valence-electron chi connectivity index (χ2n) is 5.62. The summed E-state index contributed by atoms with van der Waals surface area (Å²) in [6, 6.07) is 8.52. The highest BCUT2D eigenvalue weighted by Crippen LogP contribution is 2.39. The average molecular weight is 300 g/mol. The molecule has 2 aromatic heterocycles. The Morgan fingerprint density at radius 3 is 2.57 bits per heavy atom. The SMILES string of the molecule is Cc1cc([C@H]2[C@H](c3ccccn3)NC(=S)N2C)c(C)n1C. The number of aryl methyl sites for hydroxylation is 1. The largest absolute Gasteiger partial charge is 0.352 e. The molecular formula is C16H20N4S. The fraction of sp³-hybridized carbons (Fsp3) is 0.375. The molecule has 2 aromatic rings. The van der Waals surface area contributed by atoms with Crippen molar-refractivity contribution < 1.29 is 0 Å². The molecular weight excluding hydrogens is 280 g/mol. The van der Waals surface area contributed by atoms with E-state index in [2.05, 4.69) is 52.8 Å². The van der Waals surface area contributed by atoms with Crippen molar-refractivity contribution in [3.8, 4) is 0 Å². The first-order chi connectivity index (χ1) is 10.0. The molecule has 1 aliphatic heterocycles. The van der Waals surface area contributed by atoms with E-state index < -0.39 is 0 Å². The van der Waals surface area contributed by atoms with Crippen molar-refractivity contribution in [1.82, 2.24) is 19.8 Å². The van der Waals surface area contributed by atoms with E-state index >= 15 is 0 Å². The average Bonchev–Trinajstić information content (AvgIpc) is 2.92. The van der Waals surface area contributed by atoms with Crippen LogP contribution in [-0.4, -0.2) is 26.6 Å². The number of hydrogen-bond acceptors (Lipinski definition) is 2. The Labute approximate surface area is 130 Å². The molecule has 0 aliphatic carbocycles. The molecule has 0 radical (unpaired) electrons. The predicted molar refractivity (Wildman–Crippen MR) is 88.1 cm³/mol. The minimum absolute atomic E-state index is 0.0872. The van der Waals surface area contributed by atoms with Crippen molar-refractivity contribution >= 4 is 17.3 Å². The van der Waals surface area contributed by atoms with E-state index in [0.29, 0.717) is 0 Å². The highest BCUT2D eigenvalue weighted by atomic mass is 32.1. The lowest BCUT2D eigenvalue weighted by Gasteiger charge is -2.24. The summed E-state index contributed by atoms with van der Waals surface area (Å²) in [7, 11) is 4.15. The molecule has 1 N–H and O–H groups in total. The van der Waals surface area contributed by atoms with Crippen molar-refractivity contribution in [2.75, 3.05) is 7.05 Å². The second-order valence-corrected chi connectivity index (χ2v) is 6.01. The highest BCUT2D eigenvalue weighted by molar-refractivity contribution is 7.80. The van der Waals surface area contributed by atoms with Crippen molar-refractivity contribution in [2.45, 2.75) is 25.9 Å². The predicted octanol–water partition coefficient (Wildman–Crippen LogP) is 2.64. The number of hydrogen-bond donors (Lipinski definition) is 1. The number of nitrogens with zero attached hydrogens (tertiary/aromatic N) is 3. The zero-order valence-electron chi connectivity index (χ0n) is 12.8. The van der Waals surface area contributed by atoms with E-state index in [9.17, 15) is 0 Å². The van der Waals surface area contributed by atoms with Gasteiger partial charge in [-0.15, -0.1) is 0 Å². The van der Waals surface area contributed by atoms with Crippen LogP contribution in [0.4, 0.5) is 0 Å². The first kappa shape index (κ1) is 14.1. The van der Waals surface area contributed by atoms with Crippen LogP contribution in [0.1, 0.15) is 34.7 Å². The van der Waals surface area contributed by atoms with Gasteiger partial charge in [-0.25, -0.2) is 0 Å². The van der Waals surface area contributed by atoms with Gasteiger partial charge in [-0.1, -0.05) is 6.07 Å². The third kappa shape index (κ3) is 2.21. The second kappa shape index (κ2) is 5.15. The van der Waals surface area contributed by atoms with Crippen molar-refractivity contribution in [1.29, 1.82) is 0 Å². The Bertz CT molecular complexity index is 677. The number of likely N-dealkylation sites (N-methyl/N-ethyl adjacent to an activating group) is 1. The quantitative estimate of drug-likeness (QED) is 0.864. The van der Waals surface area contributed by atoms with Gasteiger partial charge in [-0.05, 0) is 49.8 Å². The zero-order chi connectivity index (χ0) is 15.1. The van der Waals surface area contributed by atoms with Gasteiger partial charge in [0.2, 0.25) is 0 Å². The number of nitrogens with one attached hydrogen (secondary N) is 1. The van der Waals surface area contributed by atoms with Gasteiger partial charge in [0.1, 0.15) is 0 Å². The van der Waals surface area contributed by atoms with Crippen LogP contribution in [0.2, 0.25) is 0 Å². The zero-order valence-corrected chi connectivity index (χ0v) is 13.6. The minimum atomic E-state index is 0.0872. The molecule has 0 saturated carbocycles. The van der Waals surface area contributed by atoms with Crippen LogP contribution in [0, 0.1) is 13.8 Å². The van der Waals surface area contributed by atoms with E-state index in [1.165, 1.54) is 17.0 Å². The first-order valence-corrected chi connectivity index (χ1v) is 7.48. The molecule has 1 saturated heterocycles. The number of aromatic nitrogens is 2. The summed E-state index contributed by atoms with van der Waals surface area (Å²) < 4.78 is 2.22. The molecule has 0 bridgehead atoms. The number of thiocarbonyl (C=S) groups is 1. The number of rotatable bonds is 2. The van der Waals surface area contributed by atoms with Gasteiger partial charge >= 0.3 is 0 Å². The Kier molecular flexibility index (Phi) is 3.45. The molecule has 5 heteroatoms. The first-order valence-electron chi connectivity index (χ1n) is 7.07. The number of pyridine rings is 1. The van der Waals surface area contributed by atoms with Gasteiger partial charge in [0, 0.05) is 31.7 Å². The molecule has 4 nitrogen and oxygen atoms in total. The summed E-state index contributed by atoms with van der Waals surface area (Å²) in [4.78, 5) is 6.64. The molecule has 0 amide bonds. The normalized spacial score (nSPS) is 21.7. The van der Waals surface area contributed by atoms with Gasteiger partial charge in [-0.2, -0.15) is 0 Å². The van der Waals surface area contributed by atoms with E-state index in [4.69, 9.17) is 12.2 Å². The van der Waals surface area contributed by atoms with Crippen LogP contribution >= 0.6 is 12.2 Å². The fourth-order valence-corrected chi connectivity index (χ4v) is 3.27. The van der Waals surface area contributed by atoms with E-state index in [-0.39, 0.29) is 12.1 Å². The molecule has 2 atom stereocenters. The van der Waals surface area contributed by atoms with Crippen LogP contribution in [-0.2, 0) is 7.05 Å². The summed E-state index contributed by atoms with van der Waals surface area (Å²) in [6.45, 7) is 4.29. The smallest absolute Gasteiger partial charge is 0.169 e. The Morgan fingerprint density at radius 1 is 1.24 bits per heavy atom. The molecule has 1 fully saturated rings. The lowest BCUT2D eigenvalue weighted by atomic mass is 9.97. The molecule has 0 aromatic carbocycles. The third-order valence-electron chi connectivity index (χ3n) is 4.47. The fourth-order valence-electron chi connectivity index (χ4n) is 3.03. The van der Waals surface area contributed by atoms with Crippen LogP contribution in [0.5, 0.6) is 0 Å². The summed E-state index contributed by atoms with van der Waals surface area (Å²) in [5.74, 6) is 0. The van der Waals surface area contributed by atoms with Gasteiger partial charge in [-0.3, -0.25) is 4.98 Å². The molecule has 21 heavy (non-hydrogen) atoms. The van der Waals surface area contributed by atoms with Gasteiger partial charge in [0.25, 0.3) is 0 Å². The molecule has 110 valence electrons. The highest BCUT2D eigenvalue weighted by Gasteiger charge is 2.39. The molecule has 1 aliphatic rings. The standard InChI is InChI=1S/C16H20N4S/c1-10-9-12(11(2)19(10)3)15-14(18-16(21)20(15)4)13-7-5-6-8-17-13/h5-9,14-15H,1-4H3,(H,18,21)/t14-,15-/m0/s1. The lowest BCUT2D eigenvalue weighted by molar-refractivity contribution is 0.367. The molecule has 0 unspecified atom stereocenters. The van der Waals surface area contributed by atoms with Crippen molar-refractivity contribution in [3.63, 3.8) is 0 Å². The molecule has 3 rings (SSSR count). The van der Waals surface area contributed by atoms with Crippen LogP contribution in [0.3, 0.4) is 0 Å². The molecule has 3 heterocycles. The summed E-state index contributed by atoms with van der Waals surface area (Å²) in [5.41, 5.74) is 4.86. The third-order valence-corrected chi connectivity index (χ3v) is 4.88. The monoisotopic (exact) mass is 300 g/mol. The van der Waals surface area contributed by atoms with Gasteiger partial charge in [0.05, 0.1) is 17.8 Å². The lowest BCUT2D eigenvalue weighted by Crippen LogP contribution is -2.25. The minimum Gasteiger partial charge on any atom is -0.352 e. The van der Waals surface area contributed by atoms with Crippen LogP contribution in [0.25, 0.3) is 0 Å². The Balaban J connectivity index is 2.08. The van der Waals surface area contributed by atoms with Gasteiger partial charge < -0.3 is 14.8 Å².